The fourth-order valence-electron chi connectivity index (χ4n) is 2.72. The van der Waals surface area contributed by atoms with Crippen molar-refractivity contribution in [1.29, 1.82) is 0 Å². The Hall–Kier alpha value is -2.92. The second-order valence-corrected chi connectivity index (χ2v) is 6.56. The topological polar surface area (TPSA) is 58.1 Å². The molecule has 1 amide bonds. The zero-order chi connectivity index (χ0) is 19.2. The minimum absolute atomic E-state index is 0.278. The van der Waals surface area contributed by atoms with Crippen LogP contribution in [-0.4, -0.2) is 22.4 Å². The lowest BCUT2D eigenvalue weighted by Crippen LogP contribution is -2.25. The van der Waals surface area contributed by atoms with E-state index < -0.39 is 0 Å². The molecule has 0 aliphatic rings. The van der Waals surface area contributed by atoms with Gasteiger partial charge in [0.1, 0.15) is 17.3 Å². The lowest BCUT2D eigenvalue weighted by molar-refractivity contribution is 0.102. The van der Waals surface area contributed by atoms with Crippen LogP contribution in [-0.2, 0) is 6.54 Å². The van der Waals surface area contributed by atoms with E-state index in [1.165, 1.54) is 5.56 Å². The highest BCUT2D eigenvalue weighted by Crippen LogP contribution is 2.18. The number of hydrogen-bond donors (Lipinski definition) is 1. The molecule has 0 aliphatic heterocycles. The summed E-state index contributed by atoms with van der Waals surface area (Å²) in [4.78, 5) is 23.5. The molecule has 0 saturated carbocycles. The first-order valence-electron chi connectivity index (χ1n) is 8.76. The van der Waals surface area contributed by atoms with Gasteiger partial charge in [-0.1, -0.05) is 41.9 Å². The summed E-state index contributed by atoms with van der Waals surface area (Å²) in [7, 11) is 0. The van der Waals surface area contributed by atoms with Crippen molar-refractivity contribution in [3.63, 3.8) is 0 Å². The van der Waals surface area contributed by atoms with Gasteiger partial charge >= 0.3 is 0 Å². The molecule has 0 radical (unpaired) electrons. The van der Waals surface area contributed by atoms with Crippen molar-refractivity contribution in [3.8, 4) is 0 Å². The second-order valence-electron chi connectivity index (χ2n) is 6.12. The molecule has 138 valence electrons. The fourth-order valence-corrected chi connectivity index (χ4v) is 2.84. The lowest BCUT2D eigenvalue weighted by Gasteiger charge is -2.22. The van der Waals surface area contributed by atoms with E-state index in [1.807, 2.05) is 18.2 Å². The molecule has 1 heterocycles. The maximum absolute atomic E-state index is 12.6. The first-order valence-corrected chi connectivity index (χ1v) is 9.14. The molecule has 0 saturated heterocycles. The van der Waals surface area contributed by atoms with E-state index in [4.69, 9.17) is 11.6 Å². The van der Waals surface area contributed by atoms with Crippen LogP contribution in [0.25, 0.3) is 0 Å². The van der Waals surface area contributed by atoms with Gasteiger partial charge in [0.25, 0.3) is 5.91 Å². The highest BCUT2D eigenvalue weighted by Gasteiger charge is 2.14. The van der Waals surface area contributed by atoms with Gasteiger partial charge in [-0.2, -0.15) is 0 Å². The van der Waals surface area contributed by atoms with Gasteiger partial charge in [-0.15, -0.1) is 0 Å². The van der Waals surface area contributed by atoms with E-state index >= 15 is 0 Å². The molecule has 3 aromatic rings. The monoisotopic (exact) mass is 380 g/mol. The van der Waals surface area contributed by atoms with Crippen LogP contribution in [0.15, 0.2) is 60.7 Å². The zero-order valence-corrected chi connectivity index (χ0v) is 16.1. The Kier molecular flexibility index (Phi) is 6.04. The molecule has 0 unspecified atom stereocenters. The number of aromatic nitrogens is 2. The minimum atomic E-state index is -0.278. The molecule has 5 nitrogen and oxygen atoms in total. The molecule has 3 rings (SSSR count). The third-order valence-electron chi connectivity index (χ3n) is 4.08. The number of nitrogens with zero attached hydrogens (tertiary/aromatic N) is 3. The Balaban J connectivity index is 1.82. The molecule has 1 N–H and O–H groups in total. The SMILES string of the molecule is CCN(Cc1ccccc1)c1cc(C(=O)Nc2ccc(Cl)cc2)nc(C)n1. The molecule has 1 aromatic heterocycles. The van der Waals surface area contributed by atoms with Crippen LogP contribution in [0.2, 0.25) is 5.02 Å². The zero-order valence-electron chi connectivity index (χ0n) is 15.3. The van der Waals surface area contributed by atoms with Gasteiger partial charge in [-0.3, -0.25) is 4.79 Å². The maximum atomic E-state index is 12.6. The van der Waals surface area contributed by atoms with Crippen molar-refractivity contribution in [2.75, 3.05) is 16.8 Å². The van der Waals surface area contributed by atoms with Gasteiger partial charge in [-0.25, -0.2) is 9.97 Å². The van der Waals surface area contributed by atoms with Crippen LogP contribution >= 0.6 is 11.6 Å². The molecule has 0 spiro atoms. The Morgan fingerprint density at radius 1 is 1.07 bits per heavy atom. The number of benzene rings is 2. The quantitative estimate of drug-likeness (QED) is 0.672. The first kappa shape index (κ1) is 18.9. The number of halogens is 1. The Labute approximate surface area is 164 Å². The van der Waals surface area contributed by atoms with E-state index in [9.17, 15) is 4.79 Å². The normalized spacial score (nSPS) is 10.5. The van der Waals surface area contributed by atoms with E-state index in [2.05, 4.69) is 39.2 Å². The van der Waals surface area contributed by atoms with Gasteiger partial charge in [0.05, 0.1) is 0 Å². The van der Waals surface area contributed by atoms with Crippen LogP contribution in [0, 0.1) is 6.92 Å². The number of anilines is 2. The summed E-state index contributed by atoms with van der Waals surface area (Å²) in [5, 5.41) is 3.46. The van der Waals surface area contributed by atoms with Crippen LogP contribution in [0.4, 0.5) is 11.5 Å². The molecule has 27 heavy (non-hydrogen) atoms. The van der Waals surface area contributed by atoms with Crippen LogP contribution in [0.3, 0.4) is 0 Å². The summed E-state index contributed by atoms with van der Waals surface area (Å²) in [6, 6.07) is 18.9. The lowest BCUT2D eigenvalue weighted by atomic mass is 10.2. The number of carbonyl (C=O) groups excluding carboxylic acids is 1. The van der Waals surface area contributed by atoms with E-state index in [0.717, 1.165) is 12.4 Å². The summed E-state index contributed by atoms with van der Waals surface area (Å²) >= 11 is 5.89. The number of aryl methyl sites for hydroxylation is 1. The number of hydrogen-bond acceptors (Lipinski definition) is 4. The molecule has 2 aromatic carbocycles. The van der Waals surface area contributed by atoms with E-state index in [1.54, 1.807) is 37.3 Å². The van der Waals surface area contributed by atoms with Crippen LogP contribution < -0.4 is 10.2 Å². The number of rotatable bonds is 6. The molecule has 0 fully saturated rings. The van der Waals surface area contributed by atoms with Crippen molar-refractivity contribution in [3.05, 3.63) is 82.8 Å². The summed E-state index contributed by atoms with van der Waals surface area (Å²) in [5.74, 6) is 1.01. The van der Waals surface area contributed by atoms with Gasteiger partial charge in [0.2, 0.25) is 0 Å². The maximum Gasteiger partial charge on any atom is 0.274 e. The highest BCUT2D eigenvalue weighted by molar-refractivity contribution is 6.30. The predicted molar refractivity (Wildman–Crippen MR) is 109 cm³/mol. The van der Waals surface area contributed by atoms with Crippen molar-refractivity contribution >= 4 is 29.0 Å². The van der Waals surface area contributed by atoms with Gasteiger partial charge in [0, 0.05) is 29.9 Å². The van der Waals surface area contributed by atoms with Crippen molar-refractivity contribution in [2.24, 2.45) is 0 Å². The fraction of sp³-hybridized carbons (Fsp3) is 0.190. The Bertz CT molecular complexity index is 913. The number of nitrogens with one attached hydrogen (secondary N) is 1. The Morgan fingerprint density at radius 2 is 1.78 bits per heavy atom. The minimum Gasteiger partial charge on any atom is -0.352 e. The third-order valence-corrected chi connectivity index (χ3v) is 4.33. The third kappa shape index (κ3) is 5.05. The van der Waals surface area contributed by atoms with Crippen molar-refractivity contribution in [2.45, 2.75) is 20.4 Å². The van der Waals surface area contributed by atoms with E-state index in [0.29, 0.717) is 28.8 Å². The van der Waals surface area contributed by atoms with E-state index in [-0.39, 0.29) is 5.91 Å². The van der Waals surface area contributed by atoms with Gasteiger partial charge in [-0.05, 0) is 43.7 Å². The van der Waals surface area contributed by atoms with Crippen molar-refractivity contribution in [1.82, 2.24) is 9.97 Å². The van der Waals surface area contributed by atoms with Crippen LogP contribution in [0.1, 0.15) is 28.8 Å². The largest absolute Gasteiger partial charge is 0.352 e. The van der Waals surface area contributed by atoms with Crippen molar-refractivity contribution < 1.29 is 4.79 Å². The molecule has 0 aliphatic carbocycles. The standard InChI is InChI=1S/C21H21ClN4O/c1-3-26(14-16-7-5-4-6-8-16)20-13-19(23-15(2)24-20)21(27)25-18-11-9-17(22)10-12-18/h4-13H,3,14H2,1-2H3,(H,25,27). The molecule has 0 bridgehead atoms. The first-order chi connectivity index (χ1) is 13.0. The second kappa shape index (κ2) is 8.64. The van der Waals surface area contributed by atoms with Crippen LogP contribution in [0.5, 0.6) is 0 Å². The summed E-state index contributed by atoms with van der Waals surface area (Å²) in [5.41, 5.74) is 2.18. The van der Waals surface area contributed by atoms with Gasteiger partial charge in [0.15, 0.2) is 0 Å². The molecule has 6 heteroatoms. The summed E-state index contributed by atoms with van der Waals surface area (Å²) in [6.45, 7) is 5.34. The molecule has 0 atom stereocenters. The number of carbonyl (C=O) groups is 1. The predicted octanol–water partition coefficient (Wildman–Crippen LogP) is 4.72. The average Bonchev–Trinajstić information content (AvgIpc) is 2.68. The average molecular weight is 381 g/mol. The van der Waals surface area contributed by atoms with Gasteiger partial charge < -0.3 is 10.2 Å². The number of amides is 1. The Morgan fingerprint density at radius 3 is 2.44 bits per heavy atom. The molecular weight excluding hydrogens is 360 g/mol. The highest BCUT2D eigenvalue weighted by atomic mass is 35.5. The smallest absolute Gasteiger partial charge is 0.274 e. The summed E-state index contributed by atoms with van der Waals surface area (Å²) < 4.78 is 0. The molecular formula is C21H21ClN4O. The summed E-state index contributed by atoms with van der Waals surface area (Å²) in [6.07, 6.45) is 0.